The molecular weight excluding hydrogens is 454 g/mol. The first-order valence-electron chi connectivity index (χ1n) is 11.4. The van der Waals surface area contributed by atoms with E-state index in [1.807, 2.05) is 29.7 Å². The maximum absolute atomic E-state index is 12.6. The molecule has 12 heteroatoms. The van der Waals surface area contributed by atoms with Gasteiger partial charge in [-0.3, -0.25) is 29.4 Å². The van der Waals surface area contributed by atoms with E-state index in [9.17, 15) is 24.0 Å². The van der Waals surface area contributed by atoms with E-state index in [-0.39, 0.29) is 31.7 Å². The Hall–Kier alpha value is -3.93. The maximum Gasteiger partial charge on any atom is 0.268 e. The number of hydrogen-bond acceptors (Lipinski definition) is 6. The smallest absolute Gasteiger partial charge is 0.268 e. The topological polar surface area (TPSA) is 190 Å². The lowest BCUT2D eigenvalue weighted by atomic mass is 10.1. The van der Waals surface area contributed by atoms with Crippen LogP contribution in [0.4, 0.5) is 0 Å². The van der Waals surface area contributed by atoms with Crippen LogP contribution < -0.4 is 33.0 Å². The van der Waals surface area contributed by atoms with Gasteiger partial charge in [0.2, 0.25) is 23.6 Å². The Balaban J connectivity index is 1.88. The van der Waals surface area contributed by atoms with E-state index in [0.717, 1.165) is 10.9 Å². The van der Waals surface area contributed by atoms with Gasteiger partial charge in [-0.15, -0.1) is 0 Å². The Morgan fingerprint density at radius 2 is 1.71 bits per heavy atom. The van der Waals surface area contributed by atoms with Gasteiger partial charge in [0.15, 0.2) is 0 Å². The predicted molar refractivity (Wildman–Crippen MR) is 129 cm³/mol. The molecule has 1 aromatic carbocycles. The fourth-order valence-electron chi connectivity index (χ4n) is 3.56. The highest BCUT2D eigenvalue weighted by molar-refractivity contribution is 6.00. The molecule has 0 spiro atoms. The Labute approximate surface area is 203 Å². The molecule has 0 saturated heterocycles. The summed E-state index contributed by atoms with van der Waals surface area (Å²) in [5.41, 5.74) is 8.35. The van der Waals surface area contributed by atoms with Gasteiger partial charge in [0.1, 0.15) is 11.7 Å². The first-order chi connectivity index (χ1) is 16.7. The fraction of sp³-hybridized carbons (Fsp3) is 0.435. The first kappa shape index (κ1) is 27.3. The van der Waals surface area contributed by atoms with E-state index < -0.39 is 29.7 Å². The normalized spacial score (nSPS) is 11.5. The lowest BCUT2D eigenvalue weighted by Gasteiger charge is -2.18. The quantitative estimate of drug-likeness (QED) is 0.0885. The third kappa shape index (κ3) is 8.74. The second-order valence-electron chi connectivity index (χ2n) is 8.12. The van der Waals surface area contributed by atoms with Crippen molar-refractivity contribution in [2.24, 2.45) is 18.6 Å². The number of para-hydroxylation sites is 1. The van der Waals surface area contributed by atoms with Crippen molar-refractivity contribution in [2.75, 3.05) is 13.1 Å². The van der Waals surface area contributed by atoms with E-state index in [1.165, 1.54) is 0 Å². The summed E-state index contributed by atoms with van der Waals surface area (Å²) in [5.74, 6) is 2.77. The monoisotopic (exact) mass is 487 g/mol. The first-order valence-corrected chi connectivity index (χ1v) is 11.4. The number of nitrogens with zero attached hydrogens (tertiary/aromatic N) is 1. The Morgan fingerprint density at radius 3 is 2.40 bits per heavy atom. The molecule has 1 heterocycles. The molecule has 190 valence electrons. The van der Waals surface area contributed by atoms with Gasteiger partial charge in [0, 0.05) is 37.3 Å². The van der Waals surface area contributed by atoms with E-state index >= 15 is 0 Å². The summed E-state index contributed by atoms with van der Waals surface area (Å²) < 4.78 is 1.73. The van der Waals surface area contributed by atoms with Crippen molar-refractivity contribution >= 4 is 40.4 Å². The molecule has 0 unspecified atom stereocenters. The van der Waals surface area contributed by atoms with Crippen molar-refractivity contribution < 1.29 is 24.0 Å². The molecule has 0 bridgehead atoms. The number of carbonyl (C=O) groups is 5. The molecule has 1 atom stereocenters. The van der Waals surface area contributed by atoms with Gasteiger partial charge in [-0.1, -0.05) is 24.6 Å². The molecule has 0 saturated carbocycles. The molecule has 0 fully saturated rings. The van der Waals surface area contributed by atoms with Gasteiger partial charge in [-0.2, -0.15) is 0 Å². The fourth-order valence-corrected chi connectivity index (χ4v) is 3.56. The molecule has 1 aromatic heterocycles. The van der Waals surface area contributed by atoms with Crippen LogP contribution in [0.25, 0.3) is 10.9 Å². The molecule has 8 N–H and O–H groups in total. The van der Waals surface area contributed by atoms with Crippen molar-refractivity contribution in [1.82, 2.24) is 25.9 Å². The number of nitrogens with two attached hydrogens (primary N) is 2. The third-order valence-corrected chi connectivity index (χ3v) is 5.47. The number of aromatic nitrogens is 1. The average molecular weight is 488 g/mol. The minimum atomic E-state index is -0.986. The predicted octanol–water partition coefficient (Wildman–Crippen LogP) is -0.675. The van der Waals surface area contributed by atoms with E-state index in [0.29, 0.717) is 31.5 Å². The van der Waals surface area contributed by atoms with Crippen molar-refractivity contribution in [1.29, 1.82) is 0 Å². The van der Waals surface area contributed by atoms with E-state index in [4.69, 9.17) is 11.6 Å². The lowest BCUT2D eigenvalue weighted by Crippen LogP contribution is -2.50. The maximum atomic E-state index is 12.6. The Kier molecular flexibility index (Phi) is 10.7. The summed E-state index contributed by atoms with van der Waals surface area (Å²) in [6, 6.07) is 8.26. The molecule has 0 aliphatic carbocycles. The third-order valence-electron chi connectivity index (χ3n) is 5.47. The van der Waals surface area contributed by atoms with E-state index in [1.54, 1.807) is 17.7 Å². The minimum absolute atomic E-state index is 0.0272. The van der Waals surface area contributed by atoms with Crippen LogP contribution in [0.15, 0.2) is 30.3 Å². The number of hydrazine groups is 1. The molecule has 0 aliphatic heterocycles. The molecule has 5 amide bonds. The summed E-state index contributed by atoms with van der Waals surface area (Å²) >= 11 is 0. The number of hydrogen-bond donors (Lipinski definition) is 6. The van der Waals surface area contributed by atoms with Crippen LogP contribution in [0.3, 0.4) is 0 Å². The van der Waals surface area contributed by atoms with Crippen molar-refractivity contribution in [3.8, 4) is 0 Å². The van der Waals surface area contributed by atoms with Gasteiger partial charge >= 0.3 is 0 Å². The summed E-state index contributed by atoms with van der Waals surface area (Å²) in [6.07, 6.45) is 2.19. The lowest BCUT2D eigenvalue weighted by molar-refractivity contribution is -0.129. The van der Waals surface area contributed by atoms with Crippen molar-refractivity contribution in [3.05, 3.63) is 36.0 Å². The molecule has 0 aliphatic rings. The number of amides is 5. The molecule has 0 radical (unpaired) electrons. The van der Waals surface area contributed by atoms with Gasteiger partial charge in [0.05, 0.1) is 6.54 Å². The number of fused-ring (bicyclic) bond motifs is 1. The Morgan fingerprint density at radius 1 is 0.971 bits per heavy atom. The highest BCUT2D eigenvalue weighted by Crippen LogP contribution is 2.18. The zero-order valence-electron chi connectivity index (χ0n) is 19.8. The van der Waals surface area contributed by atoms with Crippen LogP contribution >= 0.6 is 0 Å². The van der Waals surface area contributed by atoms with Crippen molar-refractivity contribution in [3.63, 3.8) is 0 Å². The van der Waals surface area contributed by atoms with Crippen LogP contribution in [-0.2, 0) is 26.2 Å². The number of nitrogens with one attached hydrogen (secondary N) is 4. The van der Waals surface area contributed by atoms with Gasteiger partial charge < -0.3 is 26.3 Å². The molecular formula is C23H33N7O5. The van der Waals surface area contributed by atoms with Crippen LogP contribution in [0.1, 0.15) is 49.0 Å². The van der Waals surface area contributed by atoms with Gasteiger partial charge in [-0.25, -0.2) is 5.84 Å². The second kappa shape index (κ2) is 13.7. The zero-order valence-corrected chi connectivity index (χ0v) is 19.8. The average Bonchev–Trinajstić information content (AvgIpc) is 3.18. The molecule has 12 nitrogen and oxygen atoms in total. The number of carbonyl (C=O) groups excluding carboxylic acids is 5. The summed E-state index contributed by atoms with van der Waals surface area (Å²) in [5, 5.41) is 8.72. The highest BCUT2D eigenvalue weighted by Gasteiger charge is 2.22. The van der Waals surface area contributed by atoms with Crippen LogP contribution in [0, 0.1) is 0 Å². The van der Waals surface area contributed by atoms with Crippen LogP contribution in [0.2, 0.25) is 0 Å². The standard InChI is InChI=1S/C23H33N7O5/c1-30-17-8-5-4-7-15(17)13-18(30)23(35)27-14-21(33)28-16(10-11-20(32)29-25)22(34)26-12-6-2-3-9-19(24)31/h4-5,7-8,13,16H,2-3,6,9-12,14,25H2,1H3,(H2,24,31)(H,26,34)(H,27,35)(H,28,33)(H,29,32)/t16-/m0/s1. The Bertz CT molecular complexity index is 1070. The molecule has 2 aromatic rings. The number of unbranched alkanes of at least 4 members (excludes halogenated alkanes) is 2. The SMILES string of the molecule is Cn1c(C(=O)NCC(=O)N[C@@H](CCC(=O)NN)C(=O)NCCCCCC(N)=O)cc2ccccc21. The summed E-state index contributed by atoms with van der Waals surface area (Å²) in [4.78, 5) is 59.9. The molecule has 2 rings (SSSR count). The number of benzene rings is 1. The molecule has 35 heavy (non-hydrogen) atoms. The highest BCUT2D eigenvalue weighted by atomic mass is 16.2. The van der Waals surface area contributed by atoms with E-state index in [2.05, 4.69) is 16.0 Å². The summed E-state index contributed by atoms with van der Waals surface area (Å²) in [6.45, 7) is -0.00875. The number of aryl methyl sites for hydroxylation is 1. The van der Waals surface area contributed by atoms with Gasteiger partial charge in [-0.05, 0) is 31.4 Å². The largest absolute Gasteiger partial charge is 0.370 e. The van der Waals surface area contributed by atoms with Crippen molar-refractivity contribution in [2.45, 2.75) is 44.6 Å². The second-order valence-corrected chi connectivity index (χ2v) is 8.12. The summed E-state index contributed by atoms with van der Waals surface area (Å²) in [7, 11) is 1.76. The van der Waals surface area contributed by atoms with Crippen LogP contribution in [-0.4, -0.2) is 53.2 Å². The number of rotatable bonds is 14. The van der Waals surface area contributed by atoms with Gasteiger partial charge in [0.25, 0.3) is 5.91 Å². The zero-order chi connectivity index (χ0) is 25.8. The minimum Gasteiger partial charge on any atom is -0.370 e. The van der Waals surface area contributed by atoms with Crippen LogP contribution in [0.5, 0.6) is 0 Å². The number of primary amides is 1.